The van der Waals surface area contributed by atoms with Gasteiger partial charge in [0.15, 0.2) is 5.82 Å². The van der Waals surface area contributed by atoms with E-state index in [1.165, 1.54) is 44.2 Å². The second-order valence-corrected chi connectivity index (χ2v) is 9.17. The molecule has 1 aromatic carbocycles. The predicted octanol–water partition coefficient (Wildman–Crippen LogP) is 3.03. The lowest BCUT2D eigenvalue weighted by atomic mass is 9.93. The Morgan fingerprint density at radius 2 is 1.74 bits per heavy atom. The van der Waals surface area contributed by atoms with Crippen LogP contribution in [-0.4, -0.2) is 74.9 Å². The number of nitrogens with zero attached hydrogens (tertiary/aromatic N) is 6. The largest absolute Gasteiger partial charge is 0.376 e. The number of tetrazole rings is 1. The number of benzene rings is 1. The van der Waals surface area contributed by atoms with Gasteiger partial charge in [-0.15, -0.1) is 5.10 Å². The van der Waals surface area contributed by atoms with Crippen LogP contribution in [0.25, 0.3) is 0 Å². The average molecular weight is 429 g/mol. The Labute approximate surface area is 183 Å². The van der Waals surface area contributed by atoms with Crippen LogP contribution in [0.2, 0.25) is 0 Å². The molecule has 8 heteroatoms. The minimum absolute atomic E-state index is 0.0782. The van der Waals surface area contributed by atoms with Gasteiger partial charge in [-0.25, -0.2) is 9.07 Å². The molecule has 3 fully saturated rings. The third-order valence-corrected chi connectivity index (χ3v) is 7.20. The van der Waals surface area contributed by atoms with Gasteiger partial charge in [-0.3, -0.25) is 9.80 Å². The Kier molecular flexibility index (Phi) is 6.57. The van der Waals surface area contributed by atoms with Crippen molar-refractivity contribution in [2.75, 3.05) is 32.8 Å². The molecule has 2 saturated heterocycles. The fraction of sp³-hybridized carbons (Fsp3) is 0.696. The molecular formula is C23H33FN6O. The van der Waals surface area contributed by atoms with Crippen LogP contribution in [0.15, 0.2) is 24.3 Å². The van der Waals surface area contributed by atoms with Crippen LogP contribution < -0.4 is 0 Å². The van der Waals surface area contributed by atoms with Crippen LogP contribution >= 0.6 is 0 Å². The molecule has 3 aliphatic rings. The quantitative estimate of drug-likeness (QED) is 0.705. The third-order valence-electron chi connectivity index (χ3n) is 7.20. The molecule has 0 unspecified atom stereocenters. The first-order chi connectivity index (χ1) is 15.3. The summed E-state index contributed by atoms with van der Waals surface area (Å²) in [5.41, 5.74) is 1.04. The molecule has 1 aromatic heterocycles. The number of hydrogen-bond donors (Lipinski definition) is 0. The van der Waals surface area contributed by atoms with Crippen molar-refractivity contribution in [1.29, 1.82) is 0 Å². The minimum Gasteiger partial charge on any atom is -0.376 e. The summed E-state index contributed by atoms with van der Waals surface area (Å²) in [6, 6.07) is 7.48. The summed E-state index contributed by atoms with van der Waals surface area (Å²) >= 11 is 0. The molecule has 1 aliphatic carbocycles. The monoisotopic (exact) mass is 428 g/mol. The zero-order valence-electron chi connectivity index (χ0n) is 18.2. The van der Waals surface area contributed by atoms with Gasteiger partial charge in [-0.05, 0) is 53.8 Å². The van der Waals surface area contributed by atoms with E-state index in [9.17, 15) is 4.39 Å². The van der Waals surface area contributed by atoms with Gasteiger partial charge >= 0.3 is 0 Å². The summed E-state index contributed by atoms with van der Waals surface area (Å²) in [5, 5.41) is 12.7. The molecule has 1 saturated carbocycles. The molecule has 3 heterocycles. The predicted molar refractivity (Wildman–Crippen MR) is 115 cm³/mol. The van der Waals surface area contributed by atoms with Crippen molar-refractivity contribution in [1.82, 2.24) is 30.0 Å². The Balaban J connectivity index is 1.36. The normalized spacial score (nSPS) is 25.1. The summed E-state index contributed by atoms with van der Waals surface area (Å²) in [6.45, 7) is 5.54. The van der Waals surface area contributed by atoms with E-state index in [-0.39, 0.29) is 18.0 Å². The highest BCUT2D eigenvalue weighted by Gasteiger charge is 2.33. The zero-order valence-corrected chi connectivity index (χ0v) is 18.2. The van der Waals surface area contributed by atoms with E-state index in [2.05, 4.69) is 25.3 Å². The van der Waals surface area contributed by atoms with Gasteiger partial charge in [0.25, 0.3) is 0 Å². The van der Waals surface area contributed by atoms with Gasteiger partial charge in [0, 0.05) is 38.8 Å². The molecule has 0 N–H and O–H groups in total. The van der Waals surface area contributed by atoms with Gasteiger partial charge in [0.2, 0.25) is 0 Å². The van der Waals surface area contributed by atoms with Gasteiger partial charge in [-0.1, -0.05) is 31.4 Å². The number of piperazine rings is 1. The highest BCUT2D eigenvalue weighted by atomic mass is 19.1. The lowest BCUT2D eigenvalue weighted by molar-refractivity contribution is 0.0595. The molecule has 5 rings (SSSR count). The molecule has 2 aromatic rings. The minimum atomic E-state index is -0.219. The summed E-state index contributed by atoms with van der Waals surface area (Å²) in [5.74, 6) is 0.608. The van der Waals surface area contributed by atoms with E-state index in [0.717, 1.165) is 63.1 Å². The molecule has 2 aliphatic heterocycles. The van der Waals surface area contributed by atoms with Gasteiger partial charge in [-0.2, -0.15) is 0 Å². The van der Waals surface area contributed by atoms with E-state index in [0.29, 0.717) is 6.54 Å². The van der Waals surface area contributed by atoms with Crippen molar-refractivity contribution in [3.05, 3.63) is 41.5 Å². The van der Waals surface area contributed by atoms with E-state index in [1.807, 2.05) is 16.8 Å². The summed E-state index contributed by atoms with van der Waals surface area (Å²) in [4.78, 5) is 5.14. The molecule has 168 valence electrons. The van der Waals surface area contributed by atoms with Crippen LogP contribution in [-0.2, 0) is 11.3 Å². The first-order valence-electron chi connectivity index (χ1n) is 11.9. The number of aromatic nitrogens is 4. The number of halogens is 1. The molecule has 2 atom stereocenters. The Hall–Kier alpha value is -1.90. The smallest absolute Gasteiger partial charge is 0.173 e. The fourth-order valence-corrected chi connectivity index (χ4v) is 5.49. The molecule has 0 spiro atoms. The van der Waals surface area contributed by atoms with Crippen molar-refractivity contribution in [3.63, 3.8) is 0 Å². The summed E-state index contributed by atoms with van der Waals surface area (Å²) < 4.78 is 21.4. The van der Waals surface area contributed by atoms with Crippen molar-refractivity contribution in [2.24, 2.45) is 0 Å². The van der Waals surface area contributed by atoms with E-state index in [1.54, 1.807) is 0 Å². The number of ether oxygens (including phenoxy) is 1. The summed E-state index contributed by atoms with van der Waals surface area (Å²) in [7, 11) is 0. The first kappa shape index (κ1) is 21.0. The van der Waals surface area contributed by atoms with Crippen LogP contribution in [0.4, 0.5) is 4.39 Å². The molecule has 7 nitrogen and oxygen atoms in total. The zero-order chi connectivity index (χ0) is 21.0. The van der Waals surface area contributed by atoms with Crippen molar-refractivity contribution < 1.29 is 9.13 Å². The molecule has 0 amide bonds. The molecule has 0 bridgehead atoms. The second-order valence-electron chi connectivity index (χ2n) is 9.17. The average Bonchev–Trinajstić information content (AvgIpc) is 3.49. The third kappa shape index (κ3) is 4.81. The van der Waals surface area contributed by atoms with Crippen LogP contribution in [0, 0.1) is 5.82 Å². The maximum atomic E-state index is 13.7. The summed E-state index contributed by atoms with van der Waals surface area (Å²) in [6.07, 6.45) is 9.08. The first-order valence-corrected chi connectivity index (χ1v) is 11.9. The molecular weight excluding hydrogens is 395 g/mol. The lowest BCUT2D eigenvalue weighted by Crippen LogP contribution is -2.52. The van der Waals surface area contributed by atoms with E-state index < -0.39 is 0 Å². The number of rotatable bonds is 6. The SMILES string of the molecule is Fc1ccc([C@H](c2nnnn2C[C@H]2CCCO2)N2CCN(C3CCCCC3)CC2)cc1. The van der Waals surface area contributed by atoms with Crippen molar-refractivity contribution in [3.8, 4) is 0 Å². The van der Waals surface area contributed by atoms with Crippen LogP contribution in [0.3, 0.4) is 0 Å². The fourth-order valence-electron chi connectivity index (χ4n) is 5.49. The van der Waals surface area contributed by atoms with Crippen molar-refractivity contribution in [2.45, 2.75) is 69.7 Å². The maximum absolute atomic E-state index is 13.7. The van der Waals surface area contributed by atoms with Crippen LogP contribution in [0.1, 0.15) is 62.4 Å². The highest BCUT2D eigenvalue weighted by Crippen LogP contribution is 2.30. The van der Waals surface area contributed by atoms with Gasteiger partial charge < -0.3 is 4.74 Å². The second kappa shape index (κ2) is 9.71. The van der Waals surface area contributed by atoms with Gasteiger partial charge in [0.05, 0.1) is 18.7 Å². The van der Waals surface area contributed by atoms with Crippen LogP contribution in [0.5, 0.6) is 0 Å². The van der Waals surface area contributed by atoms with Gasteiger partial charge in [0.1, 0.15) is 5.82 Å². The van der Waals surface area contributed by atoms with E-state index >= 15 is 0 Å². The Morgan fingerprint density at radius 1 is 0.968 bits per heavy atom. The Bertz CT molecular complexity index is 823. The van der Waals surface area contributed by atoms with Crippen molar-refractivity contribution >= 4 is 0 Å². The standard InChI is InChI=1S/C23H33FN6O/c24-19-10-8-18(9-11-19)22(23-25-26-27-30(23)17-21-7-4-16-31-21)29-14-12-28(13-15-29)20-5-2-1-3-6-20/h8-11,20-22H,1-7,12-17H2/t21-,22-/m1/s1. The molecule has 31 heavy (non-hydrogen) atoms. The highest BCUT2D eigenvalue weighted by molar-refractivity contribution is 5.25. The maximum Gasteiger partial charge on any atom is 0.173 e. The lowest BCUT2D eigenvalue weighted by Gasteiger charge is -2.43. The number of hydrogen-bond acceptors (Lipinski definition) is 6. The Morgan fingerprint density at radius 3 is 2.45 bits per heavy atom. The molecule has 0 radical (unpaired) electrons. The van der Waals surface area contributed by atoms with E-state index in [4.69, 9.17) is 4.74 Å². The topological polar surface area (TPSA) is 59.3 Å².